The summed E-state index contributed by atoms with van der Waals surface area (Å²) in [6, 6.07) is 8.44. The van der Waals surface area contributed by atoms with Crippen LogP contribution in [0.25, 0.3) is 27.8 Å². The van der Waals surface area contributed by atoms with E-state index in [1.54, 1.807) is 24.7 Å². The van der Waals surface area contributed by atoms with Gasteiger partial charge in [-0.25, -0.2) is 4.39 Å². The van der Waals surface area contributed by atoms with Crippen LogP contribution in [-0.2, 0) is 4.79 Å². The molecule has 4 aromatic rings. The number of halogens is 1. The van der Waals surface area contributed by atoms with E-state index in [0.717, 1.165) is 41.7 Å². The number of carbonyl (C=O) groups is 2. The lowest BCUT2D eigenvalue weighted by molar-refractivity contribution is -0.134. The van der Waals surface area contributed by atoms with Crippen LogP contribution in [0.3, 0.4) is 0 Å². The van der Waals surface area contributed by atoms with E-state index in [1.807, 2.05) is 46.3 Å². The number of likely N-dealkylation sites (tertiary alicyclic amines) is 1. The molecule has 2 fully saturated rings. The minimum atomic E-state index is -0.342. The smallest absolute Gasteiger partial charge is 0.239 e. The van der Waals surface area contributed by atoms with E-state index in [2.05, 4.69) is 15.4 Å². The summed E-state index contributed by atoms with van der Waals surface area (Å²) in [5.74, 6) is -0.268. The first-order valence-corrected chi connectivity index (χ1v) is 13.8. The summed E-state index contributed by atoms with van der Waals surface area (Å²) in [6.07, 6.45) is 10.2. The number of piperidine rings is 1. The maximum Gasteiger partial charge on any atom is 0.239 e. The molecule has 0 aliphatic carbocycles. The number of pyridine rings is 1. The number of hydrogen-bond donors (Lipinski definition) is 1. The Morgan fingerprint density at radius 1 is 1.08 bits per heavy atom. The predicted octanol–water partition coefficient (Wildman–Crippen LogP) is 4.78. The summed E-state index contributed by atoms with van der Waals surface area (Å²) in [5.41, 5.74) is 3.65. The summed E-state index contributed by atoms with van der Waals surface area (Å²) < 4.78 is 18.3. The Bertz CT molecular complexity index is 1530. The van der Waals surface area contributed by atoms with Crippen LogP contribution in [0.1, 0.15) is 55.9 Å². The van der Waals surface area contributed by atoms with Gasteiger partial charge in [-0.1, -0.05) is 0 Å². The van der Waals surface area contributed by atoms with Crippen molar-refractivity contribution in [2.45, 2.75) is 51.6 Å². The first-order valence-electron chi connectivity index (χ1n) is 13.8. The molecule has 2 aliphatic heterocycles. The van der Waals surface area contributed by atoms with Crippen LogP contribution in [-0.4, -0.2) is 61.6 Å². The Balaban J connectivity index is 1.33. The molecule has 5 heterocycles. The van der Waals surface area contributed by atoms with Gasteiger partial charge in [-0.2, -0.15) is 5.10 Å². The Morgan fingerprint density at radius 2 is 1.90 bits per heavy atom. The Morgan fingerprint density at radius 3 is 2.64 bits per heavy atom. The second-order valence-electron chi connectivity index (χ2n) is 10.8. The topological polar surface area (TPSA) is 85.0 Å². The van der Waals surface area contributed by atoms with Gasteiger partial charge in [0.1, 0.15) is 5.82 Å². The standard InChI is InChI=1S/C30H33FN6O2/c1-19(2)37-27(8-13-34-37)23-16-21(31)5-6-26(23)36-18-24(22-7-12-32-17-28(22)36)29(38)20-9-14-35(15-10-20)30(39)25-4-3-11-33-25/h5-8,12-13,16-20,25,33H,3-4,9-11,14-15H2,1-2H3. The molecule has 0 radical (unpaired) electrons. The normalized spacial score (nSPS) is 18.4. The molecule has 0 bridgehead atoms. The number of nitrogens with zero attached hydrogens (tertiary/aromatic N) is 5. The maximum absolute atomic E-state index is 14.5. The second-order valence-corrected chi connectivity index (χ2v) is 10.8. The van der Waals surface area contributed by atoms with E-state index < -0.39 is 0 Å². The highest BCUT2D eigenvalue weighted by molar-refractivity contribution is 6.09. The zero-order valence-corrected chi connectivity index (χ0v) is 22.3. The zero-order chi connectivity index (χ0) is 27.1. The van der Waals surface area contributed by atoms with Crippen molar-refractivity contribution in [1.82, 2.24) is 29.5 Å². The minimum Gasteiger partial charge on any atom is -0.341 e. The molecular weight excluding hydrogens is 495 g/mol. The molecule has 1 atom stereocenters. The molecule has 39 heavy (non-hydrogen) atoms. The molecule has 0 saturated carbocycles. The van der Waals surface area contributed by atoms with E-state index in [-0.39, 0.29) is 35.5 Å². The lowest BCUT2D eigenvalue weighted by atomic mass is 9.88. The number of nitrogens with one attached hydrogen (secondary N) is 1. The number of hydrogen-bond acceptors (Lipinski definition) is 5. The molecule has 1 unspecified atom stereocenters. The molecule has 0 spiro atoms. The first kappa shape index (κ1) is 25.4. The lowest BCUT2D eigenvalue weighted by Gasteiger charge is -2.33. The molecule has 202 valence electrons. The van der Waals surface area contributed by atoms with Gasteiger partial charge in [0.2, 0.25) is 5.91 Å². The van der Waals surface area contributed by atoms with Crippen LogP contribution >= 0.6 is 0 Å². The van der Waals surface area contributed by atoms with Crippen molar-refractivity contribution < 1.29 is 14.0 Å². The van der Waals surface area contributed by atoms with Crippen molar-refractivity contribution >= 4 is 22.6 Å². The van der Waals surface area contributed by atoms with Crippen LogP contribution in [0.4, 0.5) is 4.39 Å². The number of aromatic nitrogens is 4. The highest BCUT2D eigenvalue weighted by Gasteiger charge is 2.33. The van der Waals surface area contributed by atoms with Crippen LogP contribution < -0.4 is 5.32 Å². The number of Topliss-reactive ketones (excluding diaryl/α,β-unsaturated/α-hetero) is 1. The SMILES string of the molecule is CC(C)n1nccc1-c1cc(F)ccc1-n1cc(C(=O)C2CCN(C(=O)C3CCCN3)CC2)c2ccncc21. The average molecular weight is 529 g/mol. The summed E-state index contributed by atoms with van der Waals surface area (Å²) in [7, 11) is 0. The molecule has 1 amide bonds. The third-order valence-corrected chi connectivity index (χ3v) is 8.06. The molecule has 1 aromatic carbocycles. The van der Waals surface area contributed by atoms with E-state index in [0.29, 0.717) is 37.1 Å². The molecule has 9 heteroatoms. The van der Waals surface area contributed by atoms with Crippen molar-refractivity contribution in [2.24, 2.45) is 5.92 Å². The third-order valence-electron chi connectivity index (χ3n) is 8.06. The summed E-state index contributed by atoms with van der Waals surface area (Å²) >= 11 is 0. The van der Waals surface area contributed by atoms with E-state index in [4.69, 9.17) is 0 Å². The fourth-order valence-electron chi connectivity index (χ4n) is 6.03. The summed E-state index contributed by atoms with van der Waals surface area (Å²) in [5, 5.41) is 8.54. The number of rotatable bonds is 6. The molecular formula is C30H33FN6O2. The average Bonchev–Trinajstić information content (AvgIpc) is 3.73. The summed E-state index contributed by atoms with van der Waals surface area (Å²) in [6.45, 7) is 6.14. The minimum absolute atomic E-state index is 0.0759. The number of amides is 1. The van der Waals surface area contributed by atoms with Crippen LogP contribution in [0.5, 0.6) is 0 Å². The fraction of sp³-hybridized carbons (Fsp3) is 0.400. The number of ketones is 1. The van der Waals surface area contributed by atoms with Crippen molar-refractivity contribution in [1.29, 1.82) is 0 Å². The quantitative estimate of drug-likeness (QED) is 0.364. The fourth-order valence-corrected chi connectivity index (χ4v) is 6.03. The number of benzene rings is 1. The molecule has 8 nitrogen and oxygen atoms in total. The predicted molar refractivity (Wildman–Crippen MR) is 147 cm³/mol. The van der Waals surface area contributed by atoms with Gasteiger partial charge in [-0.05, 0) is 76.4 Å². The highest BCUT2D eigenvalue weighted by atomic mass is 19.1. The summed E-state index contributed by atoms with van der Waals surface area (Å²) in [4.78, 5) is 33.0. The molecule has 3 aromatic heterocycles. The van der Waals surface area contributed by atoms with E-state index in [1.165, 1.54) is 12.1 Å². The molecule has 2 saturated heterocycles. The first-order chi connectivity index (χ1) is 18.9. The zero-order valence-electron chi connectivity index (χ0n) is 22.3. The van der Waals surface area contributed by atoms with Gasteiger partial charge in [0, 0.05) is 60.2 Å². The lowest BCUT2D eigenvalue weighted by Crippen LogP contribution is -2.47. The van der Waals surface area contributed by atoms with E-state index in [9.17, 15) is 14.0 Å². The Labute approximate surface area is 226 Å². The van der Waals surface area contributed by atoms with Crippen molar-refractivity contribution in [3.63, 3.8) is 0 Å². The van der Waals surface area contributed by atoms with Gasteiger partial charge in [0.15, 0.2) is 5.78 Å². The second kappa shape index (κ2) is 10.4. The Hall–Kier alpha value is -3.85. The molecule has 1 N–H and O–H groups in total. The van der Waals surface area contributed by atoms with Crippen molar-refractivity contribution in [3.05, 3.63) is 66.5 Å². The monoisotopic (exact) mass is 528 g/mol. The van der Waals surface area contributed by atoms with Crippen LogP contribution in [0.15, 0.2) is 55.1 Å². The highest BCUT2D eigenvalue weighted by Crippen LogP contribution is 2.34. The van der Waals surface area contributed by atoms with Crippen molar-refractivity contribution in [3.8, 4) is 16.9 Å². The molecule has 2 aliphatic rings. The van der Waals surface area contributed by atoms with Gasteiger partial charge in [-0.15, -0.1) is 0 Å². The van der Waals surface area contributed by atoms with Gasteiger partial charge in [0.25, 0.3) is 0 Å². The van der Waals surface area contributed by atoms with Crippen molar-refractivity contribution in [2.75, 3.05) is 19.6 Å². The number of carbonyl (C=O) groups excluding carboxylic acids is 2. The number of fused-ring (bicyclic) bond motifs is 1. The van der Waals surface area contributed by atoms with Crippen LogP contribution in [0, 0.1) is 11.7 Å². The van der Waals surface area contributed by atoms with E-state index >= 15 is 0 Å². The maximum atomic E-state index is 14.5. The molecule has 6 rings (SSSR count). The Kier molecular flexibility index (Phi) is 6.76. The van der Waals surface area contributed by atoms with Crippen LogP contribution in [0.2, 0.25) is 0 Å². The van der Waals surface area contributed by atoms with Gasteiger partial charge >= 0.3 is 0 Å². The van der Waals surface area contributed by atoms with Gasteiger partial charge < -0.3 is 14.8 Å². The third kappa shape index (κ3) is 4.65. The van der Waals surface area contributed by atoms with Gasteiger partial charge in [0.05, 0.1) is 29.1 Å². The largest absolute Gasteiger partial charge is 0.341 e. The van der Waals surface area contributed by atoms with Gasteiger partial charge in [-0.3, -0.25) is 19.3 Å².